The second-order valence-electron chi connectivity index (χ2n) is 9.10. The van der Waals surface area contributed by atoms with E-state index >= 15 is 0 Å². The maximum Gasteiger partial charge on any atom is 0.184 e. The Morgan fingerprint density at radius 3 is 1.91 bits per heavy atom. The van der Waals surface area contributed by atoms with Gasteiger partial charge in [0.05, 0.1) is 5.25 Å². The standard InChI is InChI=1S/C16H14OS.C15H12OS/c1-11-8-9-14-13(10-11)15(17)16(2,18-14)12-6-4-3-5-7-12;1-10-7-8-13-12(9-10)14(16)15(17-13)11-5-3-2-4-6-11/h3-10H,1-2H3;2-9,15H,1H3. The van der Waals surface area contributed by atoms with Crippen LogP contribution in [-0.4, -0.2) is 11.6 Å². The number of Topliss-reactive ketones (excluding diaryl/α,β-unsaturated/α-hetero) is 2. The molecule has 0 aliphatic carbocycles. The van der Waals surface area contributed by atoms with E-state index in [1.807, 2.05) is 93.6 Å². The third-order valence-corrected chi connectivity index (χ3v) is 9.17. The van der Waals surface area contributed by atoms with Crippen LogP contribution < -0.4 is 0 Å². The Kier molecular flexibility index (Phi) is 6.43. The van der Waals surface area contributed by atoms with Crippen molar-refractivity contribution >= 4 is 35.1 Å². The van der Waals surface area contributed by atoms with Crippen LogP contribution in [0.4, 0.5) is 0 Å². The SMILES string of the molecule is Cc1ccc2c(c1)C(=O)C(C)(c1ccccc1)S2.Cc1ccc2c(c1)C(=O)C(c1ccccc1)S2. The molecule has 0 saturated carbocycles. The van der Waals surface area contributed by atoms with Gasteiger partial charge in [-0.05, 0) is 56.2 Å². The van der Waals surface area contributed by atoms with E-state index in [9.17, 15) is 9.59 Å². The van der Waals surface area contributed by atoms with E-state index in [4.69, 9.17) is 0 Å². The molecular formula is C31H26O2S2. The molecule has 0 bridgehead atoms. The zero-order valence-electron chi connectivity index (χ0n) is 19.9. The van der Waals surface area contributed by atoms with Gasteiger partial charge >= 0.3 is 0 Å². The highest BCUT2D eigenvalue weighted by Gasteiger charge is 2.43. The van der Waals surface area contributed by atoms with E-state index in [-0.39, 0.29) is 16.8 Å². The minimum atomic E-state index is -0.475. The molecule has 35 heavy (non-hydrogen) atoms. The third kappa shape index (κ3) is 4.49. The highest BCUT2D eigenvalue weighted by molar-refractivity contribution is 8.01. The van der Waals surface area contributed by atoms with E-state index in [0.717, 1.165) is 43.2 Å². The lowest BCUT2D eigenvalue weighted by Crippen LogP contribution is -2.24. The Morgan fingerprint density at radius 2 is 1.26 bits per heavy atom. The molecule has 2 heterocycles. The number of thioether (sulfide) groups is 2. The Hall–Kier alpha value is -3.08. The van der Waals surface area contributed by atoms with Crippen LogP contribution in [0.3, 0.4) is 0 Å². The summed E-state index contributed by atoms with van der Waals surface area (Å²) in [6.45, 7) is 6.06. The predicted molar refractivity (Wildman–Crippen MR) is 146 cm³/mol. The van der Waals surface area contributed by atoms with Crippen molar-refractivity contribution in [1.82, 2.24) is 0 Å². The number of aryl methyl sites for hydroxylation is 2. The smallest absolute Gasteiger partial charge is 0.184 e. The van der Waals surface area contributed by atoms with Crippen molar-refractivity contribution in [2.45, 2.75) is 40.6 Å². The number of rotatable bonds is 2. The Bertz CT molecular complexity index is 1410. The van der Waals surface area contributed by atoms with Crippen molar-refractivity contribution in [1.29, 1.82) is 0 Å². The van der Waals surface area contributed by atoms with E-state index in [1.165, 1.54) is 0 Å². The van der Waals surface area contributed by atoms with Crippen LogP contribution in [0.5, 0.6) is 0 Å². The van der Waals surface area contributed by atoms with E-state index in [0.29, 0.717) is 0 Å². The molecule has 2 unspecified atom stereocenters. The monoisotopic (exact) mass is 494 g/mol. The summed E-state index contributed by atoms with van der Waals surface area (Å²) in [7, 11) is 0. The van der Waals surface area contributed by atoms with Crippen LogP contribution in [0.15, 0.2) is 107 Å². The molecule has 0 spiro atoms. The van der Waals surface area contributed by atoms with Gasteiger partial charge in [0.25, 0.3) is 0 Å². The van der Waals surface area contributed by atoms with Gasteiger partial charge in [-0.2, -0.15) is 0 Å². The topological polar surface area (TPSA) is 34.1 Å². The summed E-state index contributed by atoms with van der Waals surface area (Å²) in [5.41, 5.74) is 6.20. The van der Waals surface area contributed by atoms with Gasteiger partial charge < -0.3 is 0 Å². The first kappa shape index (κ1) is 23.7. The predicted octanol–water partition coefficient (Wildman–Crippen LogP) is 8.22. The van der Waals surface area contributed by atoms with Crippen molar-refractivity contribution < 1.29 is 9.59 Å². The summed E-state index contributed by atoms with van der Waals surface area (Å²) >= 11 is 3.32. The maximum atomic E-state index is 12.7. The molecule has 4 aromatic carbocycles. The van der Waals surface area contributed by atoms with E-state index in [1.54, 1.807) is 23.5 Å². The summed E-state index contributed by atoms with van der Waals surface area (Å²) in [6.07, 6.45) is 0. The first-order chi connectivity index (χ1) is 16.9. The molecule has 0 saturated heterocycles. The van der Waals surface area contributed by atoms with E-state index < -0.39 is 4.75 Å². The summed E-state index contributed by atoms with van der Waals surface area (Å²) < 4.78 is -0.475. The van der Waals surface area contributed by atoms with Gasteiger partial charge in [0.1, 0.15) is 4.75 Å². The first-order valence-electron chi connectivity index (χ1n) is 11.6. The number of ketones is 2. The van der Waals surface area contributed by atoms with Crippen molar-refractivity contribution in [2.75, 3.05) is 0 Å². The molecule has 0 aromatic heterocycles. The highest BCUT2D eigenvalue weighted by atomic mass is 32.2. The Morgan fingerprint density at radius 1 is 0.686 bits per heavy atom. The lowest BCUT2D eigenvalue weighted by Gasteiger charge is -2.21. The minimum absolute atomic E-state index is 0.0620. The number of carbonyl (C=O) groups excluding carboxylic acids is 2. The second kappa shape index (κ2) is 9.52. The summed E-state index contributed by atoms with van der Waals surface area (Å²) in [5.74, 6) is 0.456. The lowest BCUT2D eigenvalue weighted by molar-refractivity contribution is 0.0952. The number of carbonyl (C=O) groups is 2. The molecule has 4 aromatic rings. The number of hydrogen-bond donors (Lipinski definition) is 0. The van der Waals surface area contributed by atoms with Crippen molar-refractivity contribution in [3.05, 3.63) is 130 Å². The zero-order valence-corrected chi connectivity index (χ0v) is 21.6. The number of hydrogen-bond acceptors (Lipinski definition) is 4. The molecule has 6 rings (SSSR count). The average Bonchev–Trinajstić information content (AvgIpc) is 3.34. The summed E-state index contributed by atoms with van der Waals surface area (Å²) in [4.78, 5) is 27.2. The fraction of sp³-hybridized carbons (Fsp3) is 0.161. The molecule has 2 aliphatic heterocycles. The minimum Gasteiger partial charge on any atom is -0.292 e. The Labute approximate surface area is 215 Å². The molecule has 0 radical (unpaired) electrons. The van der Waals surface area contributed by atoms with Crippen LogP contribution >= 0.6 is 23.5 Å². The van der Waals surface area contributed by atoms with Gasteiger partial charge in [-0.3, -0.25) is 9.59 Å². The lowest BCUT2D eigenvalue weighted by atomic mass is 9.91. The van der Waals surface area contributed by atoms with E-state index in [2.05, 4.69) is 24.3 Å². The van der Waals surface area contributed by atoms with Crippen molar-refractivity contribution in [3.8, 4) is 0 Å². The molecular weight excluding hydrogens is 468 g/mol. The summed E-state index contributed by atoms with van der Waals surface area (Å²) in [6, 6.07) is 32.2. The second-order valence-corrected chi connectivity index (χ2v) is 11.7. The molecule has 4 heteroatoms. The molecule has 2 aliphatic rings. The van der Waals surface area contributed by atoms with Crippen LogP contribution in [0.1, 0.15) is 55.1 Å². The molecule has 2 nitrogen and oxygen atoms in total. The van der Waals surface area contributed by atoms with Crippen LogP contribution in [0.2, 0.25) is 0 Å². The van der Waals surface area contributed by atoms with Crippen molar-refractivity contribution in [3.63, 3.8) is 0 Å². The van der Waals surface area contributed by atoms with Gasteiger partial charge in [-0.25, -0.2) is 0 Å². The fourth-order valence-electron chi connectivity index (χ4n) is 4.49. The molecule has 0 amide bonds. The largest absolute Gasteiger partial charge is 0.292 e. The van der Waals surface area contributed by atoms with Gasteiger partial charge in [0.2, 0.25) is 0 Å². The van der Waals surface area contributed by atoms with Gasteiger partial charge in [-0.1, -0.05) is 83.9 Å². The third-order valence-electron chi connectivity index (χ3n) is 6.44. The Balaban J connectivity index is 0.000000145. The molecule has 2 atom stereocenters. The van der Waals surface area contributed by atoms with Crippen LogP contribution in [-0.2, 0) is 4.75 Å². The summed E-state index contributed by atoms with van der Waals surface area (Å²) in [5, 5.41) is -0.0620. The number of benzene rings is 4. The zero-order chi connectivity index (χ0) is 24.6. The molecule has 0 fully saturated rings. The van der Waals surface area contributed by atoms with Gasteiger partial charge in [0.15, 0.2) is 11.6 Å². The normalized spacial score (nSPS) is 20.1. The van der Waals surface area contributed by atoms with Gasteiger partial charge in [-0.15, -0.1) is 23.5 Å². The van der Waals surface area contributed by atoms with Crippen molar-refractivity contribution in [2.24, 2.45) is 0 Å². The molecule has 174 valence electrons. The van der Waals surface area contributed by atoms with Gasteiger partial charge in [0, 0.05) is 20.9 Å². The maximum absolute atomic E-state index is 12.7. The fourth-order valence-corrected chi connectivity index (χ4v) is 7.00. The average molecular weight is 495 g/mol. The van der Waals surface area contributed by atoms with Crippen LogP contribution in [0, 0.1) is 13.8 Å². The quantitative estimate of drug-likeness (QED) is 0.281. The first-order valence-corrected chi connectivity index (χ1v) is 13.3. The van der Waals surface area contributed by atoms with Crippen LogP contribution in [0.25, 0.3) is 0 Å². The highest BCUT2D eigenvalue weighted by Crippen LogP contribution is 2.51. The molecule has 0 N–H and O–H groups in total. The number of fused-ring (bicyclic) bond motifs is 2.